The molecule has 0 radical (unpaired) electrons. The summed E-state index contributed by atoms with van der Waals surface area (Å²) in [6.45, 7) is 0.972. The summed E-state index contributed by atoms with van der Waals surface area (Å²) in [5, 5.41) is 12.6. The second-order valence-corrected chi connectivity index (χ2v) is 8.46. The highest BCUT2D eigenvalue weighted by atomic mass is 35.5. The van der Waals surface area contributed by atoms with Gasteiger partial charge < -0.3 is 9.88 Å². The standard InChI is InChI=1S/C23H23ClN4O/c24-18-9-7-17(8-10-18)23(13-14-23)22(29)25-19-11-5-16(6-12-19)21-27-26-20-4-2-1-3-15-28(20)21/h5-12H,1-4,13-15H2,(H,25,29). The lowest BCUT2D eigenvalue weighted by atomic mass is 9.95. The second-order valence-electron chi connectivity index (χ2n) is 8.02. The van der Waals surface area contributed by atoms with Gasteiger partial charge in [-0.25, -0.2) is 0 Å². The molecule has 148 valence electrons. The van der Waals surface area contributed by atoms with E-state index in [2.05, 4.69) is 20.1 Å². The summed E-state index contributed by atoms with van der Waals surface area (Å²) in [5.74, 6) is 2.04. The molecular weight excluding hydrogens is 384 g/mol. The fourth-order valence-corrected chi connectivity index (χ4v) is 4.32. The Kier molecular flexibility index (Phi) is 4.63. The van der Waals surface area contributed by atoms with E-state index in [-0.39, 0.29) is 5.91 Å². The van der Waals surface area contributed by atoms with E-state index in [1.54, 1.807) is 0 Å². The molecule has 0 spiro atoms. The maximum Gasteiger partial charge on any atom is 0.235 e. The Balaban J connectivity index is 1.33. The molecule has 0 saturated heterocycles. The van der Waals surface area contributed by atoms with E-state index in [9.17, 15) is 4.79 Å². The number of nitrogens with one attached hydrogen (secondary N) is 1. The van der Waals surface area contributed by atoms with E-state index in [0.29, 0.717) is 5.02 Å². The number of anilines is 1. The van der Waals surface area contributed by atoms with Crippen LogP contribution in [0.15, 0.2) is 48.5 Å². The zero-order chi connectivity index (χ0) is 19.8. The zero-order valence-electron chi connectivity index (χ0n) is 16.2. The highest BCUT2D eigenvalue weighted by molar-refractivity contribution is 6.30. The third-order valence-corrected chi connectivity index (χ3v) is 6.34. The first-order chi connectivity index (χ1) is 14.2. The maximum atomic E-state index is 13.0. The zero-order valence-corrected chi connectivity index (χ0v) is 17.0. The molecule has 1 fully saturated rings. The molecule has 0 unspecified atom stereocenters. The normalized spacial score (nSPS) is 17.3. The number of amides is 1. The van der Waals surface area contributed by atoms with Crippen LogP contribution in [0.1, 0.15) is 43.5 Å². The smallest absolute Gasteiger partial charge is 0.235 e. The molecule has 1 aliphatic heterocycles. The molecular formula is C23H23ClN4O. The molecule has 3 aromatic rings. The minimum Gasteiger partial charge on any atom is -0.325 e. The molecule has 6 heteroatoms. The van der Waals surface area contributed by atoms with E-state index in [1.165, 1.54) is 19.3 Å². The van der Waals surface area contributed by atoms with Crippen molar-refractivity contribution >= 4 is 23.2 Å². The quantitative estimate of drug-likeness (QED) is 0.663. The third kappa shape index (κ3) is 3.44. The van der Waals surface area contributed by atoms with Crippen molar-refractivity contribution in [2.45, 2.75) is 50.5 Å². The van der Waals surface area contributed by atoms with E-state index >= 15 is 0 Å². The van der Waals surface area contributed by atoms with Crippen LogP contribution in [0, 0.1) is 0 Å². The monoisotopic (exact) mass is 406 g/mol. The van der Waals surface area contributed by atoms with Crippen molar-refractivity contribution < 1.29 is 4.79 Å². The SMILES string of the molecule is O=C(Nc1ccc(-c2nnc3n2CCCCC3)cc1)C1(c2ccc(Cl)cc2)CC1. The van der Waals surface area contributed by atoms with Crippen molar-refractivity contribution in [1.29, 1.82) is 0 Å². The number of halogens is 1. The van der Waals surface area contributed by atoms with Gasteiger partial charge in [0.2, 0.25) is 5.91 Å². The van der Waals surface area contributed by atoms with Crippen molar-refractivity contribution in [1.82, 2.24) is 14.8 Å². The predicted molar refractivity (Wildman–Crippen MR) is 114 cm³/mol. The van der Waals surface area contributed by atoms with Crippen LogP contribution in [-0.2, 0) is 23.2 Å². The summed E-state index contributed by atoms with van der Waals surface area (Å²) in [4.78, 5) is 13.0. The number of aromatic nitrogens is 3. The Morgan fingerprint density at radius 1 is 0.966 bits per heavy atom. The van der Waals surface area contributed by atoms with Gasteiger partial charge in [-0.2, -0.15) is 0 Å². The van der Waals surface area contributed by atoms with Crippen molar-refractivity contribution in [2.75, 3.05) is 5.32 Å². The average molecular weight is 407 g/mol. The van der Waals surface area contributed by atoms with Crippen LogP contribution in [0.5, 0.6) is 0 Å². The van der Waals surface area contributed by atoms with E-state index < -0.39 is 5.41 Å². The summed E-state index contributed by atoms with van der Waals surface area (Å²) in [6.07, 6.45) is 6.31. The van der Waals surface area contributed by atoms with Gasteiger partial charge in [-0.3, -0.25) is 4.79 Å². The molecule has 0 atom stereocenters. The van der Waals surface area contributed by atoms with Gasteiger partial charge in [-0.15, -0.1) is 10.2 Å². The molecule has 29 heavy (non-hydrogen) atoms. The lowest BCUT2D eigenvalue weighted by Gasteiger charge is -2.16. The molecule has 0 bridgehead atoms. The van der Waals surface area contributed by atoms with Crippen LogP contribution >= 0.6 is 11.6 Å². The maximum absolute atomic E-state index is 13.0. The van der Waals surface area contributed by atoms with Crippen molar-refractivity contribution in [3.05, 3.63) is 64.9 Å². The van der Waals surface area contributed by atoms with Crippen LogP contribution in [0.4, 0.5) is 5.69 Å². The number of carbonyl (C=O) groups excluding carboxylic acids is 1. The van der Waals surface area contributed by atoms with E-state index in [4.69, 9.17) is 11.6 Å². The van der Waals surface area contributed by atoms with Crippen LogP contribution in [0.3, 0.4) is 0 Å². The van der Waals surface area contributed by atoms with Crippen LogP contribution in [0.2, 0.25) is 5.02 Å². The largest absolute Gasteiger partial charge is 0.325 e. The highest BCUT2D eigenvalue weighted by Crippen LogP contribution is 2.49. The van der Waals surface area contributed by atoms with Crippen LogP contribution < -0.4 is 5.32 Å². The number of hydrogen-bond donors (Lipinski definition) is 1. The first-order valence-corrected chi connectivity index (χ1v) is 10.6. The average Bonchev–Trinajstić information content (AvgIpc) is 3.50. The number of rotatable bonds is 4. The number of fused-ring (bicyclic) bond motifs is 1. The van der Waals surface area contributed by atoms with Gasteiger partial charge in [0.05, 0.1) is 5.41 Å². The predicted octanol–water partition coefficient (Wildman–Crippen LogP) is 5.00. The summed E-state index contributed by atoms with van der Waals surface area (Å²) in [7, 11) is 0. The van der Waals surface area contributed by atoms with E-state index in [1.807, 2.05) is 48.5 Å². The molecule has 2 aromatic carbocycles. The Bertz CT molecular complexity index is 1040. The molecule has 1 amide bonds. The third-order valence-electron chi connectivity index (χ3n) is 6.09. The molecule has 1 N–H and O–H groups in total. The highest BCUT2D eigenvalue weighted by Gasteiger charge is 2.51. The van der Waals surface area contributed by atoms with Crippen LogP contribution in [0.25, 0.3) is 11.4 Å². The van der Waals surface area contributed by atoms with Gasteiger partial charge in [0.25, 0.3) is 0 Å². The van der Waals surface area contributed by atoms with Gasteiger partial charge in [0.1, 0.15) is 5.82 Å². The van der Waals surface area contributed by atoms with E-state index in [0.717, 1.165) is 54.3 Å². The first-order valence-electron chi connectivity index (χ1n) is 10.3. The fourth-order valence-electron chi connectivity index (χ4n) is 4.19. The summed E-state index contributed by atoms with van der Waals surface area (Å²) in [5.41, 5.74) is 2.44. The molecule has 2 aliphatic rings. The topological polar surface area (TPSA) is 59.8 Å². The Labute approximate surface area is 175 Å². The molecule has 5 rings (SSSR count). The Hall–Kier alpha value is -2.66. The summed E-state index contributed by atoms with van der Waals surface area (Å²) in [6, 6.07) is 15.5. The van der Waals surface area contributed by atoms with Crippen molar-refractivity contribution in [2.24, 2.45) is 0 Å². The number of aryl methyl sites for hydroxylation is 1. The Morgan fingerprint density at radius 2 is 1.72 bits per heavy atom. The summed E-state index contributed by atoms with van der Waals surface area (Å²) >= 11 is 5.99. The van der Waals surface area contributed by atoms with Gasteiger partial charge >= 0.3 is 0 Å². The fraction of sp³-hybridized carbons (Fsp3) is 0.348. The molecule has 1 aromatic heterocycles. The minimum atomic E-state index is -0.423. The molecule has 5 nitrogen and oxygen atoms in total. The minimum absolute atomic E-state index is 0.0453. The number of benzene rings is 2. The van der Waals surface area contributed by atoms with Gasteiger partial charge in [0, 0.05) is 29.2 Å². The molecule has 2 heterocycles. The second kappa shape index (κ2) is 7.30. The van der Waals surface area contributed by atoms with Gasteiger partial charge in [0.15, 0.2) is 5.82 Å². The summed E-state index contributed by atoms with van der Waals surface area (Å²) < 4.78 is 2.24. The van der Waals surface area contributed by atoms with Crippen molar-refractivity contribution in [3.8, 4) is 11.4 Å². The Morgan fingerprint density at radius 3 is 2.45 bits per heavy atom. The molecule has 1 aliphatic carbocycles. The number of nitrogens with zero attached hydrogens (tertiary/aromatic N) is 3. The first kappa shape index (κ1) is 18.4. The lowest BCUT2D eigenvalue weighted by Crippen LogP contribution is -2.27. The van der Waals surface area contributed by atoms with Gasteiger partial charge in [-0.1, -0.05) is 30.2 Å². The molecule has 1 saturated carbocycles. The van der Waals surface area contributed by atoms with Crippen LogP contribution in [-0.4, -0.2) is 20.7 Å². The van der Waals surface area contributed by atoms with Gasteiger partial charge in [-0.05, 0) is 67.6 Å². The number of hydrogen-bond acceptors (Lipinski definition) is 3. The lowest BCUT2D eigenvalue weighted by molar-refractivity contribution is -0.118. The number of carbonyl (C=O) groups is 1. The van der Waals surface area contributed by atoms with Crippen molar-refractivity contribution in [3.63, 3.8) is 0 Å².